The summed E-state index contributed by atoms with van der Waals surface area (Å²) in [4.78, 5) is 10.8. The third kappa shape index (κ3) is 3.63. The highest BCUT2D eigenvalue weighted by Gasteiger charge is 2.30. The zero-order valence-corrected chi connectivity index (χ0v) is 8.33. The van der Waals surface area contributed by atoms with Crippen LogP contribution in [0.5, 0.6) is 0 Å². The van der Waals surface area contributed by atoms with Crippen molar-refractivity contribution < 1.29 is 24.9 Å². The average Bonchev–Trinajstić information content (AvgIpc) is 2.20. The predicted molar refractivity (Wildman–Crippen MR) is 49.6 cm³/mol. The Morgan fingerprint density at radius 2 is 1.71 bits per heavy atom. The Labute approximate surface area is 86.6 Å². The Morgan fingerprint density at radius 3 is 2.00 bits per heavy atom. The molecule has 0 atom stereocenters. The molecule has 0 saturated carbocycles. The van der Waals surface area contributed by atoms with Crippen LogP contribution in [0.3, 0.4) is 0 Å². The van der Waals surface area contributed by atoms with Gasteiger partial charge in [0.15, 0.2) is 0 Å². The van der Waals surface area contributed by atoms with Crippen molar-refractivity contribution in [2.45, 2.75) is 0 Å². The maximum atomic E-state index is 10.8. The number of aliphatic hydroxyl groups is 3. The molecule has 0 aliphatic heterocycles. The first kappa shape index (κ1) is 13.4. The molecule has 0 rings (SSSR count). The molecule has 0 spiro atoms. The van der Waals surface area contributed by atoms with Gasteiger partial charge in [0.2, 0.25) is 0 Å². The molecular weight excluding hydrogens is 212 g/mol. The smallest absolute Gasteiger partial charge is 0.349 e. The van der Waals surface area contributed by atoms with Gasteiger partial charge in [0, 0.05) is 0 Å². The highest BCUT2D eigenvalue weighted by Crippen LogP contribution is 2.16. The first-order valence-electron chi connectivity index (χ1n) is 3.85. The van der Waals surface area contributed by atoms with Gasteiger partial charge in [-0.3, -0.25) is 0 Å². The highest BCUT2D eigenvalue weighted by molar-refractivity contribution is 6.40. The molecule has 0 saturated heterocycles. The lowest BCUT2D eigenvalue weighted by Gasteiger charge is -2.26. The van der Waals surface area contributed by atoms with Crippen LogP contribution in [0.15, 0.2) is 11.6 Å². The molecule has 0 aliphatic carbocycles. The van der Waals surface area contributed by atoms with Gasteiger partial charge in [0.25, 0.3) is 0 Å². The number of carbonyl (C=O) groups excluding carboxylic acids is 1. The molecular formula is C8H13ClO5. The standard InChI is InChI=1S/C8H13ClO5/c1-6(9)7(13)14-5-8(2-10,3-11)4-12/h10-12H,1-5H2. The largest absolute Gasteiger partial charge is 0.461 e. The summed E-state index contributed by atoms with van der Waals surface area (Å²) in [6.45, 7) is 1.32. The lowest BCUT2D eigenvalue weighted by molar-refractivity contribution is -0.145. The summed E-state index contributed by atoms with van der Waals surface area (Å²) in [7, 11) is 0. The van der Waals surface area contributed by atoms with Crippen LogP contribution in [-0.4, -0.2) is 47.7 Å². The minimum atomic E-state index is -1.23. The van der Waals surface area contributed by atoms with E-state index < -0.39 is 31.2 Å². The minimum absolute atomic E-state index is 0.298. The van der Waals surface area contributed by atoms with Gasteiger partial charge in [-0.1, -0.05) is 18.2 Å². The number of halogens is 1. The van der Waals surface area contributed by atoms with Gasteiger partial charge in [-0.2, -0.15) is 0 Å². The normalized spacial score (nSPS) is 11.1. The molecule has 0 amide bonds. The topological polar surface area (TPSA) is 87.0 Å². The summed E-state index contributed by atoms with van der Waals surface area (Å²) in [5.74, 6) is -0.841. The molecule has 0 aliphatic rings. The van der Waals surface area contributed by atoms with Crippen molar-refractivity contribution in [1.82, 2.24) is 0 Å². The summed E-state index contributed by atoms with van der Waals surface area (Å²) in [5.41, 5.74) is -1.23. The molecule has 5 nitrogen and oxygen atoms in total. The first-order valence-corrected chi connectivity index (χ1v) is 4.23. The molecule has 0 aromatic rings. The van der Waals surface area contributed by atoms with E-state index in [9.17, 15) is 4.79 Å². The molecule has 14 heavy (non-hydrogen) atoms. The van der Waals surface area contributed by atoms with Gasteiger partial charge in [0.05, 0.1) is 25.2 Å². The third-order valence-corrected chi connectivity index (χ3v) is 1.89. The van der Waals surface area contributed by atoms with Crippen LogP contribution in [0.2, 0.25) is 0 Å². The van der Waals surface area contributed by atoms with Gasteiger partial charge >= 0.3 is 5.97 Å². The van der Waals surface area contributed by atoms with E-state index in [4.69, 9.17) is 26.9 Å². The molecule has 0 bridgehead atoms. The fraction of sp³-hybridized carbons (Fsp3) is 0.625. The maximum absolute atomic E-state index is 10.8. The van der Waals surface area contributed by atoms with E-state index in [0.29, 0.717) is 0 Å². The van der Waals surface area contributed by atoms with Crippen molar-refractivity contribution in [3.8, 4) is 0 Å². The van der Waals surface area contributed by atoms with Crippen molar-refractivity contribution in [3.05, 3.63) is 11.6 Å². The number of esters is 1. The molecule has 0 fully saturated rings. The van der Waals surface area contributed by atoms with Gasteiger partial charge in [-0.25, -0.2) is 4.79 Å². The van der Waals surface area contributed by atoms with Gasteiger partial charge < -0.3 is 20.1 Å². The molecule has 6 heteroatoms. The number of carbonyl (C=O) groups is 1. The summed E-state index contributed by atoms with van der Waals surface area (Å²) in [6, 6.07) is 0. The monoisotopic (exact) mass is 224 g/mol. The van der Waals surface area contributed by atoms with Gasteiger partial charge in [0.1, 0.15) is 11.6 Å². The molecule has 0 radical (unpaired) electrons. The second-order valence-electron chi connectivity index (χ2n) is 2.96. The average molecular weight is 225 g/mol. The summed E-state index contributed by atoms with van der Waals surface area (Å²) in [6.07, 6.45) is 0. The Balaban J connectivity index is 4.19. The van der Waals surface area contributed by atoms with E-state index in [1.807, 2.05) is 0 Å². The number of ether oxygens (including phenoxy) is 1. The van der Waals surface area contributed by atoms with E-state index in [0.717, 1.165) is 0 Å². The van der Waals surface area contributed by atoms with Crippen molar-refractivity contribution >= 4 is 17.6 Å². The van der Waals surface area contributed by atoms with Gasteiger partial charge in [-0.15, -0.1) is 0 Å². The van der Waals surface area contributed by atoms with Crippen LogP contribution in [0.25, 0.3) is 0 Å². The number of rotatable bonds is 6. The minimum Gasteiger partial charge on any atom is -0.461 e. The molecule has 0 aromatic carbocycles. The Morgan fingerprint density at radius 1 is 1.29 bits per heavy atom. The summed E-state index contributed by atoms with van der Waals surface area (Å²) < 4.78 is 4.59. The van der Waals surface area contributed by atoms with Crippen LogP contribution in [0, 0.1) is 5.41 Å². The van der Waals surface area contributed by atoms with E-state index >= 15 is 0 Å². The van der Waals surface area contributed by atoms with Crippen LogP contribution in [0.4, 0.5) is 0 Å². The van der Waals surface area contributed by atoms with Gasteiger partial charge in [-0.05, 0) is 0 Å². The van der Waals surface area contributed by atoms with E-state index in [1.54, 1.807) is 0 Å². The van der Waals surface area contributed by atoms with Crippen LogP contribution in [-0.2, 0) is 9.53 Å². The predicted octanol–water partition coefficient (Wildman–Crippen LogP) is -0.755. The molecule has 82 valence electrons. The zero-order valence-electron chi connectivity index (χ0n) is 7.57. The maximum Gasteiger partial charge on any atom is 0.349 e. The number of hydrogen-bond acceptors (Lipinski definition) is 5. The lowest BCUT2D eigenvalue weighted by atomic mass is 9.93. The fourth-order valence-corrected chi connectivity index (χ4v) is 0.638. The second-order valence-corrected chi connectivity index (χ2v) is 3.41. The van der Waals surface area contributed by atoms with Crippen molar-refractivity contribution in [1.29, 1.82) is 0 Å². The van der Waals surface area contributed by atoms with Crippen LogP contribution < -0.4 is 0 Å². The Kier molecular flexibility index (Phi) is 5.71. The Hall–Kier alpha value is -0.620. The SMILES string of the molecule is C=C(Cl)C(=O)OCC(CO)(CO)CO. The highest BCUT2D eigenvalue weighted by atomic mass is 35.5. The van der Waals surface area contributed by atoms with Crippen molar-refractivity contribution in [2.24, 2.45) is 5.41 Å². The third-order valence-electron chi connectivity index (χ3n) is 1.74. The summed E-state index contributed by atoms with van der Waals surface area (Å²) in [5, 5.41) is 26.3. The molecule has 0 heterocycles. The van der Waals surface area contributed by atoms with Crippen molar-refractivity contribution in [3.63, 3.8) is 0 Å². The summed E-state index contributed by atoms with van der Waals surface area (Å²) >= 11 is 5.23. The zero-order chi connectivity index (χ0) is 11.2. The van der Waals surface area contributed by atoms with E-state index in [1.165, 1.54) is 0 Å². The number of aliphatic hydroxyl groups excluding tert-OH is 3. The van der Waals surface area contributed by atoms with Crippen LogP contribution >= 0.6 is 11.6 Å². The molecule has 3 N–H and O–H groups in total. The van der Waals surface area contributed by atoms with E-state index in [2.05, 4.69) is 11.3 Å². The Bertz CT molecular complexity index is 204. The number of hydrogen-bond donors (Lipinski definition) is 3. The molecule has 0 unspecified atom stereocenters. The van der Waals surface area contributed by atoms with Crippen LogP contribution in [0.1, 0.15) is 0 Å². The lowest BCUT2D eigenvalue weighted by Crippen LogP contribution is -2.39. The second kappa shape index (κ2) is 5.98. The quantitative estimate of drug-likeness (QED) is 0.408. The first-order chi connectivity index (χ1) is 6.51. The van der Waals surface area contributed by atoms with E-state index in [-0.39, 0.29) is 11.6 Å². The molecule has 0 aromatic heterocycles. The fourth-order valence-electron chi connectivity index (χ4n) is 0.584. The van der Waals surface area contributed by atoms with Crippen molar-refractivity contribution in [2.75, 3.05) is 26.4 Å².